The molecule has 1 rings (SSSR count). The fourth-order valence-electron chi connectivity index (χ4n) is 1.44. The van der Waals surface area contributed by atoms with Gasteiger partial charge in [0.05, 0.1) is 0 Å². The standard InChI is InChI=1S/C16H21NO2/c1-12(5-10-15(18)19-16(2,3)4)11-13-6-8-14(17)9-7-13/h5-11H,17H2,1-4H3/b10-5+,12-11+. The third kappa shape index (κ3) is 6.46. The van der Waals surface area contributed by atoms with Crippen LogP contribution in [0.5, 0.6) is 0 Å². The third-order valence-corrected chi connectivity index (χ3v) is 2.22. The average molecular weight is 259 g/mol. The first kappa shape index (κ1) is 15.0. The summed E-state index contributed by atoms with van der Waals surface area (Å²) in [5, 5.41) is 0. The summed E-state index contributed by atoms with van der Waals surface area (Å²) < 4.78 is 5.18. The van der Waals surface area contributed by atoms with E-state index in [2.05, 4.69) is 0 Å². The Bertz CT molecular complexity index is 490. The second kappa shape index (κ2) is 6.23. The van der Waals surface area contributed by atoms with E-state index >= 15 is 0 Å². The largest absolute Gasteiger partial charge is 0.457 e. The highest BCUT2D eigenvalue weighted by molar-refractivity contribution is 5.83. The van der Waals surface area contributed by atoms with Crippen molar-refractivity contribution in [3.63, 3.8) is 0 Å². The van der Waals surface area contributed by atoms with Crippen molar-refractivity contribution in [1.82, 2.24) is 0 Å². The van der Waals surface area contributed by atoms with Crippen LogP contribution >= 0.6 is 0 Å². The predicted octanol–water partition coefficient (Wildman–Crippen LogP) is 3.57. The van der Waals surface area contributed by atoms with Crippen molar-refractivity contribution in [2.24, 2.45) is 0 Å². The number of carbonyl (C=O) groups is 1. The minimum absolute atomic E-state index is 0.336. The number of hydrogen-bond acceptors (Lipinski definition) is 3. The summed E-state index contributed by atoms with van der Waals surface area (Å²) >= 11 is 0. The van der Waals surface area contributed by atoms with Gasteiger partial charge < -0.3 is 10.5 Å². The van der Waals surface area contributed by atoms with Crippen molar-refractivity contribution in [1.29, 1.82) is 0 Å². The number of esters is 1. The molecular weight excluding hydrogens is 238 g/mol. The van der Waals surface area contributed by atoms with Crippen molar-refractivity contribution in [2.75, 3.05) is 5.73 Å². The maximum absolute atomic E-state index is 11.5. The molecule has 3 heteroatoms. The number of hydrogen-bond donors (Lipinski definition) is 1. The summed E-state index contributed by atoms with van der Waals surface area (Å²) in [5.74, 6) is -0.336. The molecule has 0 fully saturated rings. The molecule has 3 nitrogen and oxygen atoms in total. The first-order valence-electron chi connectivity index (χ1n) is 6.21. The Balaban J connectivity index is 2.66. The van der Waals surface area contributed by atoms with E-state index in [0.29, 0.717) is 0 Å². The van der Waals surface area contributed by atoms with Crippen LogP contribution in [0.1, 0.15) is 33.3 Å². The van der Waals surface area contributed by atoms with Crippen LogP contribution in [0.3, 0.4) is 0 Å². The van der Waals surface area contributed by atoms with Gasteiger partial charge in [-0.3, -0.25) is 0 Å². The van der Waals surface area contributed by atoms with Gasteiger partial charge >= 0.3 is 5.97 Å². The van der Waals surface area contributed by atoms with E-state index in [1.807, 2.05) is 58.0 Å². The molecule has 0 unspecified atom stereocenters. The second-order valence-corrected chi connectivity index (χ2v) is 5.42. The number of allylic oxidation sites excluding steroid dienone is 2. The minimum atomic E-state index is -0.462. The van der Waals surface area contributed by atoms with Crippen molar-refractivity contribution in [2.45, 2.75) is 33.3 Å². The highest BCUT2D eigenvalue weighted by Gasteiger charge is 2.13. The van der Waals surface area contributed by atoms with Crippen LogP contribution in [0.4, 0.5) is 5.69 Å². The number of anilines is 1. The minimum Gasteiger partial charge on any atom is -0.457 e. The van der Waals surface area contributed by atoms with E-state index in [1.54, 1.807) is 6.08 Å². The fourth-order valence-corrected chi connectivity index (χ4v) is 1.44. The van der Waals surface area contributed by atoms with Crippen LogP contribution in [-0.4, -0.2) is 11.6 Å². The Morgan fingerprint density at radius 2 is 1.74 bits per heavy atom. The van der Waals surface area contributed by atoms with E-state index in [-0.39, 0.29) is 5.97 Å². The van der Waals surface area contributed by atoms with Crippen molar-refractivity contribution < 1.29 is 9.53 Å². The lowest BCUT2D eigenvalue weighted by Crippen LogP contribution is -2.22. The monoisotopic (exact) mass is 259 g/mol. The van der Waals surface area contributed by atoms with Gasteiger partial charge in [-0.25, -0.2) is 4.79 Å². The molecule has 0 radical (unpaired) electrons. The molecule has 0 bridgehead atoms. The van der Waals surface area contributed by atoms with Gasteiger partial charge in [0, 0.05) is 11.8 Å². The molecule has 0 atom stereocenters. The highest BCUT2D eigenvalue weighted by Crippen LogP contribution is 2.11. The molecule has 1 aromatic rings. The second-order valence-electron chi connectivity index (χ2n) is 5.42. The summed E-state index contributed by atoms with van der Waals surface area (Å²) in [5.41, 5.74) is 7.90. The summed E-state index contributed by atoms with van der Waals surface area (Å²) in [6, 6.07) is 7.55. The van der Waals surface area contributed by atoms with E-state index < -0.39 is 5.60 Å². The van der Waals surface area contributed by atoms with Gasteiger partial charge in [0.2, 0.25) is 0 Å². The molecule has 0 spiro atoms. The summed E-state index contributed by atoms with van der Waals surface area (Å²) in [4.78, 5) is 11.5. The molecule has 0 aliphatic rings. The highest BCUT2D eigenvalue weighted by atomic mass is 16.6. The van der Waals surface area contributed by atoms with Gasteiger partial charge in [0.1, 0.15) is 5.60 Å². The molecular formula is C16H21NO2. The van der Waals surface area contributed by atoms with Crippen LogP contribution in [-0.2, 0) is 9.53 Å². The molecule has 0 aromatic heterocycles. The van der Waals surface area contributed by atoms with Crippen molar-refractivity contribution in [3.05, 3.63) is 47.6 Å². The molecule has 0 aliphatic heterocycles. The molecule has 0 amide bonds. The van der Waals surface area contributed by atoms with Crippen LogP contribution in [0.25, 0.3) is 6.08 Å². The maximum Gasteiger partial charge on any atom is 0.331 e. The molecule has 2 N–H and O–H groups in total. The molecule has 0 aliphatic carbocycles. The number of nitrogens with two attached hydrogens (primary N) is 1. The number of carbonyl (C=O) groups excluding carboxylic acids is 1. The topological polar surface area (TPSA) is 52.3 Å². The van der Waals surface area contributed by atoms with Crippen LogP contribution in [0, 0.1) is 0 Å². The molecule has 1 aromatic carbocycles. The summed E-state index contributed by atoms with van der Waals surface area (Å²) in [6.07, 6.45) is 5.15. The lowest BCUT2D eigenvalue weighted by Gasteiger charge is -2.17. The molecule has 102 valence electrons. The Morgan fingerprint density at radius 1 is 1.16 bits per heavy atom. The summed E-state index contributed by atoms with van der Waals surface area (Å²) in [6.45, 7) is 7.46. The molecule has 19 heavy (non-hydrogen) atoms. The molecule has 0 heterocycles. The van der Waals surface area contributed by atoms with Gasteiger partial charge in [-0.15, -0.1) is 0 Å². The van der Waals surface area contributed by atoms with Crippen LogP contribution < -0.4 is 5.73 Å². The van der Waals surface area contributed by atoms with Gasteiger partial charge in [-0.05, 0) is 45.4 Å². The van der Waals surface area contributed by atoms with Gasteiger partial charge in [0.15, 0.2) is 0 Å². The Labute approximate surface area is 114 Å². The average Bonchev–Trinajstić information content (AvgIpc) is 2.27. The van der Waals surface area contributed by atoms with Crippen molar-refractivity contribution >= 4 is 17.7 Å². The first-order chi connectivity index (χ1) is 8.76. The Morgan fingerprint density at radius 3 is 2.26 bits per heavy atom. The SMILES string of the molecule is CC(/C=C/C(=O)OC(C)(C)C)=C\c1ccc(N)cc1. The Kier molecular flexibility index (Phi) is 4.93. The van der Waals surface area contributed by atoms with Gasteiger partial charge in [0.25, 0.3) is 0 Å². The first-order valence-corrected chi connectivity index (χ1v) is 6.21. The zero-order chi connectivity index (χ0) is 14.5. The number of rotatable bonds is 3. The Hall–Kier alpha value is -2.03. The van der Waals surface area contributed by atoms with Crippen molar-refractivity contribution in [3.8, 4) is 0 Å². The molecule has 0 saturated heterocycles. The fraction of sp³-hybridized carbons (Fsp3) is 0.312. The zero-order valence-electron chi connectivity index (χ0n) is 11.9. The lowest BCUT2D eigenvalue weighted by atomic mass is 10.1. The maximum atomic E-state index is 11.5. The normalized spacial score (nSPS) is 12.7. The molecule has 0 saturated carbocycles. The quantitative estimate of drug-likeness (QED) is 0.391. The van der Waals surface area contributed by atoms with Crippen LogP contribution in [0.15, 0.2) is 42.0 Å². The zero-order valence-corrected chi connectivity index (χ0v) is 11.9. The van der Waals surface area contributed by atoms with Gasteiger partial charge in [-0.1, -0.05) is 29.9 Å². The number of ether oxygens (including phenoxy) is 1. The van der Waals surface area contributed by atoms with E-state index in [1.165, 1.54) is 6.08 Å². The van der Waals surface area contributed by atoms with E-state index in [4.69, 9.17) is 10.5 Å². The number of benzene rings is 1. The summed E-state index contributed by atoms with van der Waals surface area (Å²) in [7, 11) is 0. The van der Waals surface area contributed by atoms with Crippen LogP contribution in [0.2, 0.25) is 0 Å². The van der Waals surface area contributed by atoms with Gasteiger partial charge in [-0.2, -0.15) is 0 Å². The lowest BCUT2D eigenvalue weighted by molar-refractivity contribution is -0.148. The smallest absolute Gasteiger partial charge is 0.331 e. The predicted molar refractivity (Wildman–Crippen MR) is 79.5 cm³/mol. The van der Waals surface area contributed by atoms with E-state index in [0.717, 1.165) is 16.8 Å². The number of nitrogen functional groups attached to an aromatic ring is 1. The van der Waals surface area contributed by atoms with E-state index in [9.17, 15) is 4.79 Å². The third-order valence-electron chi connectivity index (χ3n) is 2.22.